The molecule has 0 unspecified atom stereocenters. The van der Waals surface area contributed by atoms with Crippen LogP contribution in [0.15, 0.2) is 18.2 Å². The van der Waals surface area contributed by atoms with Crippen LogP contribution in [-0.4, -0.2) is 60.4 Å². The van der Waals surface area contributed by atoms with Crippen LogP contribution in [0, 0.1) is 6.92 Å². The van der Waals surface area contributed by atoms with Gasteiger partial charge in [0.05, 0.1) is 12.6 Å². The van der Waals surface area contributed by atoms with Crippen molar-refractivity contribution < 1.29 is 14.3 Å². The van der Waals surface area contributed by atoms with Gasteiger partial charge in [-0.25, -0.2) is 0 Å². The van der Waals surface area contributed by atoms with Gasteiger partial charge in [-0.05, 0) is 37.5 Å². The summed E-state index contributed by atoms with van der Waals surface area (Å²) in [6, 6.07) is 5.51. The Labute approximate surface area is 155 Å². The van der Waals surface area contributed by atoms with Crippen LogP contribution in [0.5, 0.6) is 5.75 Å². The Bertz CT molecular complexity index is 675. The molecule has 0 bridgehead atoms. The van der Waals surface area contributed by atoms with Gasteiger partial charge in [-0.3, -0.25) is 9.59 Å². The fourth-order valence-corrected chi connectivity index (χ4v) is 3.96. The molecular formula is C20H29N3O3. The number of hydrogen-bond acceptors (Lipinski definition) is 4. The molecule has 0 radical (unpaired) electrons. The maximum absolute atomic E-state index is 12.8. The van der Waals surface area contributed by atoms with Crippen LogP contribution in [0.25, 0.3) is 0 Å². The van der Waals surface area contributed by atoms with E-state index in [1.807, 2.05) is 24.0 Å². The maximum Gasteiger partial charge on any atom is 0.254 e. The second kappa shape index (κ2) is 7.66. The minimum atomic E-state index is -0.700. The molecule has 1 aliphatic carbocycles. The lowest BCUT2D eigenvalue weighted by Gasteiger charge is -2.41. The van der Waals surface area contributed by atoms with E-state index >= 15 is 0 Å². The van der Waals surface area contributed by atoms with Gasteiger partial charge in [-0.15, -0.1) is 0 Å². The van der Waals surface area contributed by atoms with Crippen molar-refractivity contribution in [1.29, 1.82) is 0 Å². The van der Waals surface area contributed by atoms with Crippen molar-refractivity contribution in [2.75, 3.05) is 33.3 Å². The second-order valence-electron chi connectivity index (χ2n) is 7.49. The SMILES string of the molecule is COc1cc(C(=O)N2CCN(C(=O)C3(N)CCCCC3)CC2)ccc1C. The zero-order valence-corrected chi connectivity index (χ0v) is 15.8. The summed E-state index contributed by atoms with van der Waals surface area (Å²) in [7, 11) is 1.61. The molecule has 6 heteroatoms. The Hall–Kier alpha value is -2.08. The number of ether oxygens (including phenoxy) is 1. The Morgan fingerprint density at radius 2 is 1.65 bits per heavy atom. The molecule has 2 fully saturated rings. The highest BCUT2D eigenvalue weighted by atomic mass is 16.5. The van der Waals surface area contributed by atoms with E-state index in [-0.39, 0.29) is 11.8 Å². The number of carbonyl (C=O) groups excluding carboxylic acids is 2. The summed E-state index contributed by atoms with van der Waals surface area (Å²) in [6.07, 6.45) is 4.75. The monoisotopic (exact) mass is 359 g/mol. The van der Waals surface area contributed by atoms with E-state index in [4.69, 9.17) is 10.5 Å². The van der Waals surface area contributed by atoms with Crippen molar-refractivity contribution in [3.8, 4) is 5.75 Å². The molecule has 2 aliphatic rings. The van der Waals surface area contributed by atoms with Crippen LogP contribution in [0.4, 0.5) is 0 Å². The quantitative estimate of drug-likeness (QED) is 0.895. The smallest absolute Gasteiger partial charge is 0.254 e. The van der Waals surface area contributed by atoms with Gasteiger partial charge < -0.3 is 20.3 Å². The predicted octanol–water partition coefficient (Wildman–Crippen LogP) is 1.95. The maximum atomic E-state index is 12.8. The van der Waals surface area contributed by atoms with Gasteiger partial charge in [0.25, 0.3) is 5.91 Å². The third-order valence-electron chi connectivity index (χ3n) is 5.68. The first-order chi connectivity index (χ1) is 12.4. The number of aryl methyl sites for hydroxylation is 1. The average Bonchev–Trinajstić information content (AvgIpc) is 2.68. The van der Waals surface area contributed by atoms with Crippen molar-refractivity contribution >= 4 is 11.8 Å². The van der Waals surface area contributed by atoms with E-state index in [2.05, 4.69) is 0 Å². The summed E-state index contributed by atoms with van der Waals surface area (Å²) in [5, 5.41) is 0. The molecule has 0 atom stereocenters. The highest BCUT2D eigenvalue weighted by molar-refractivity contribution is 5.95. The Morgan fingerprint density at radius 1 is 1.04 bits per heavy atom. The molecular weight excluding hydrogens is 330 g/mol. The number of rotatable bonds is 3. The van der Waals surface area contributed by atoms with Crippen LogP contribution in [-0.2, 0) is 4.79 Å². The standard InChI is InChI=1S/C20H29N3O3/c1-15-6-7-16(14-17(15)26-2)18(24)22-10-12-23(13-11-22)19(25)20(21)8-4-3-5-9-20/h6-7,14H,3-5,8-13,21H2,1-2H3. The van der Waals surface area contributed by atoms with Gasteiger partial charge in [0.1, 0.15) is 5.75 Å². The third-order valence-corrected chi connectivity index (χ3v) is 5.68. The first-order valence-electron chi connectivity index (χ1n) is 9.47. The molecule has 2 amide bonds. The lowest BCUT2D eigenvalue weighted by atomic mass is 9.81. The molecule has 142 valence electrons. The summed E-state index contributed by atoms with van der Waals surface area (Å²) in [5.41, 5.74) is 7.30. The number of nitrogens with two attached hydrogens (primary N) is 1. The summed E-state index contributed by atoms with van der Waals surface area (Å²) >= 11 is 0. The van der Waals surface area contributed by atoms with Gasteiger partial charge in [0.15, 0.2) is 0 Å². The first kappa shape index (κ1) is 18.7. The van der Waals surface area contributed by atoms with Crippen LogP contribution in [0.2, 0.25) is 0 Å². The molecule has 3 rings (SSSR count). The molecule has 1 aromatic carbocycles. The Morgan fingerprint density at radius 3 is 2.27 bits per heavy atom. The molecule has 1 saturated heterocycles. The highest BCUT2D eigenvalue weighted by Gasteiger charge is 2.39. The number of methoxy groups -OCH3 is 1. The lowest BCUT2D eigenvalue weighted by Crippen LogP contribution is -2.60. The lowest BCUT2D eigenvalue weighted by molar-refractivity contribution is -0.139. The molecule has 0 spiro atoms. The Kier molecular flexibility index (Phi) is 5.51. The number of benzene rings is 1. The minimum Gasteiger partial charge on any atom is -0.496 e. The van der Waals surface area contributed by atoms with Gasteiger partial charge >= 0.3 is 0 Å². The van der Waals surface area contributed by atoms with Gasteiger partial charge in [-0.1, -0.05) is 25.3 Å². The molecule has 1 aromatic rings. The summed E-state index contributed by atoms with van der Waals surface area (Å²) in [4.78, 5) is 29.2. The highest BCUT2D eigenvalue weighted by Crippen LogP contribution is 2.28. The fraction of sp³-hybridized carbons (Fsp3) is 0.600. The number of piperazine rings is 1. The van der Waals surface area contributed by atoms with Crippen LogP contribution < -0.4 is 10.5 Å². The van der Waals surface area contributed by atoms with Crippen molar-refractivity contribution in [2.45, 2.75) is 44.6 Å². The summed E-state index contributed by atoms with van der Waals surface area (Å²) in [6.45, 7) is 4.12. The van der Waals surface area contributed by atoms with E-state index in [0.717, 1.165) is 37.7 Å². The van der Waals surface area contributed by atoms with Crippen LogP contribution in [0.3, 0.4) is 0 Å². The molecule has 1 aliphatic heterocycles. The van der Waals surface area contributed by atoms with E-state index in [1.54, 1.807) is 18.1 Å². The van der Waals surface area contributed by atoms with Crippen LogP contribution >= 0.6 is 0 Å². The Balaban J connectivity index is 1.61. The topological polar surface area (TPSA) is 75.9 Å². The number of nitrogens with zero attached hydrogens (tertiary/aromatic N) is 2. The van der Waals surface area contributed by atoms with E-state index in [0.29, 0.717) is 37.5 Å². The molecule has 26 heavy (non-hydrogen) atoms. The minimum absolute atomic E-state index is 0.0180. The van der Waals surface area contributed by atoms with Crippen LogP contribution in [0.1, 0.15) is 48.0 Å². The van der Waals surface area contributed by atoms with Crippen molar-refractivity contribution in [2.24, 2.45) is 5.73 Å². The number of hydrogen-bond donors (Lipinski definition) is 1. The second-order valence-corrected chi connectivity index (χ2v) is 7.49. The predicted molar refractivity (Wildman–Crippen MR) is 100 cm³/mol. The van der Waals surface area contributed by atoms with E-state index in [1.165, 1.54) is 0 Å². The molecule has 1 saturated carbocycles. The molecule has 2 N–H and O–H groups in total. The zero-order chi connectivity index (χ0) is 18.7. The molecule has 1 heterocycles. The van der Waals surface area contributed by atoms with Crippen molar-refractivity contribution in [3.05, 3.63) is 29.3 Å². The number of amides is 2. The molecule has 6 nitrogen and oxygen atoms in total. The number of carbonyl (C=O) groups is 2. The van der Waals surface area contributed by atoms with Gasteiger partial charge in [0.2, 0.25) is 5.91 Å². The first-order valence-corrected chi connectivity index (χ1v) is 9.47. The molecule has 0 aromatic heterocycles. The fourth-order valence-electron chi connectivity index (χ4n) is 3.96. The summed E-state index contributed by atoms with van der Waals surface area (Å²) < 4.78 is 5.31. The van der Waals surface area contributed by atoms with Crippen molar-refractivity contribution in [1.82, 2.24) is 9.80 Å². The zero-order valence-electron chi connectivity index (χ0n) is 15.8. The van der Waals surface area contributed by atoms with Gasteiger partial charge in [0, 0.05) is 31.7 Å². The van der Waals surface area contributed by atoms with Crippen molar-refractivity contribution in [3.63, 3.8) is 0 Å². The van der Waals surface area contributed by atoms with E-state index < -0.39 is 5.54 Å². The average molecular weight is 359 g/mol. The van der Waals surface area contributed by atoms with E-state index in [9.17, 15) is 9.59 Å². The largest absolute Gasteiger partial charge is 0.496 e. The summed E-state index contributed by atoms with van der Waals surface area (Å²) in [5.74, 6) is 0.754. The normalized spacial score (nSPS) is 20.0. The van der Waals surface area contributed by atoms with Gasteiger partial charge in [-0.2, -0.15) is 0 Å². The third kappa shape index (κ3) is 3.70.